The highest BCUT2D eigenvalue weighted by molar-refractivity contribution is 8.00. The number of nitrogens with one attached hydrogen (secondary N) is 1. The van der Waals surface area contributed by atoms with Gasteiger partial charge in [0.05, 0.1) is 16.5 Å². The van der Waals surface area contributed by atoms with Crippen molar-refractivity contribution in [2.75, 3.05) is 37.6 Å². The van der Waals surface area contributed by atoms with Crippen molar-refractivity contribution in [2.24, 2.45) is 0 Å². The summed E-state index contributed by atoms with van der Waals surface area (Å²) >= 11 is 14.5. The van der Waals surface area contributed by atoms with Crippen LogP contribution in [0.1, 0.15) is 50.5 Å². The molecule has 3 aliphatic carbocycles. The van der Waals surface area contributed by atoms with E-state index in [-0.39, 0.29) is 23.5 Å². The number of likely N-dealkylation sites (tertiary alicyclic amines) is 1. The molecule has 13 heteroatoms. The Balaban J connectivity index is 0.00000115. The zero-order valence-corrected chi connectivity index (χ0v) is 27.2. The molecule has 3 saturated carbocycles. The lowest BCUT2D eigenvalue weighted by Gasteiger charge is -2.36. The van der Waals surface area contributed by atoms with Gasteiger partial charge in [0, 0.05) is 60.8 Å². The number of hydrogen-bond acceptors (Lipinski definition) is 8. The molecule has 2 amide bonds. The average Bonchev–Trinajstić information content (AvgIpc) is 3.94. The van der Waals surface area contributed by atoms with Gasteiger partial charge in [0.25, 0.3) is 6.47 Å². The first kappa shape index (κ1) is 31.9. The van der Waals surface area contributed by atoms with Crippen LogP contribution in [-0.2, 0) is 19.8 Å². The van der Waals surface area contributed by atoms with Crippen molar-refractivity contribution in [1.82, 2.24) is 20.1 Å². The molecule has 10 nitrogen and oxygen atoms in total. The first-order valence-electron chi connectivity index (χ1n) is 15.4. The molecule has 45 heavy (non-hydrogen) atoms. The molecule has 2 aliphatic heterocycles. The van der Waals surface area contributed by atoms with E-state index in [0.717, 1.165) is 48.4 Å². The van der Waals surface area contributed by atoms with E-state index in [0.29, 0.717) is 48.8 Å². The molecule has 2 atom stereocenters. The third-order valence-electron chi connectivity index (χ3n) is 9.54. The number of carbonyl (C=O) groups excluding carboxylic acids is 2. The van der Waals surface area contributed by atoms with Crippen molar-refractivity contribution in [1.29, 1.82) is 5.26 Å². The minimum Gasteiger partial charge on any atom is -0.483 e. The molecule has 2 N–H and O–H groups in total. The smallest absolute Gasteiger partial charge is 0.290 e. The minimum atomic E-state index is -0.794. The summed E-state index contributed by atoms with van der Waals surface area (Å²) in [5, 5.41) is 20.5. The van der Waals surface area contributed by atoms with E-state index >= 15 is 0 Å². The van der Waals surface area contributed by atoms with Gasteiger partial charge in [-0.1, -0.05) is 29.3 Å². The Kier molecular flexibility index (Phi) is 9.21. The lowest BCUT2D eigenvalue weighted by atomic mass is 9.95. The monoisotopic (exact) mass is 670 g/mol. The summed E-state index contributed by atoms with van der Waals surface area (Å²) in [6.45, 7) is 4.38. The maximum Gasteiger partial charge on any atom is 0.290 e. The van der Waals surface area contributed by atoms with Gasteiger partial charge in [0.15, 0.2) is 0 Å². The van der Waals surface area contributed by atoms with Gasteiger partial charge in [-0.3, -0.25) is 19.3 Å². The van der Waals surface area contributed by atoms with Gasteiger partial charge < -0.3 is 20.2 Å². The van der Waals surface area contributed by atoms with E-state index in [9.17, 15) is 14.9 Å². The van der Waals surface area contributed by atoms with Crippen LogP contribution in [0.5, 0.6) is 0 Å². The highest BCUT2D eigenvalue weighted by atomic mass is 35.5. The third kappa shape index (κ3) is 6.89. The quantitative estimate of drug-likeness (QED) is 0.311. The van der Waals surface area contributed by atoms with Gasteiger partial charge in [-0.05, 0) is 74.8 Å². The number of rotatable bonds is 8. The van der Waals surface area contributed by atoms with Crippen molar-refractivity contribution in [3.05, 3.63) is 52.3 Å². The lowest BCUT2D eigenvalue weighted by Crippen LogP contribution is -2.51. The molecule has 1 unspecified atom stereocenters. The molecule has 7 rings (SSSR count). The van der Waals surface area contributed by atoms with Crippen LogP contribution in [0.25, 0.3) is 0 Å². The van der Waals surface area contributed by atoms with Crippen molar-refractivity contribution in [3.63, 3.8) is 0 Å². The molecule has 2 saturated heterocycles. The second-order valence-corrected chi connectivity index (χ2v) is 14.7. The van der Waals surface area contributed by atoms with E-state index in [1.54, 1.807) is 28.9 Å². The molecule has 2 aromatic rings. The fraction of sp³-hybridized carbons (Fsp3) is 0.531. The standard InChI is InChI=1S/C31H34Cl2N6O2S.CH2O2/c32-24-15-22(38-13-11-37(12-14-38)21-2-3-21)4-5-26(24)42-23-16-25(28(40)36-30(19-34)7-8-30)39(18-23)29(41)31(9-10-31)20-1-6-27(33)35-17-20;2-1-3/h1,4-6,15,17,21,23,25H,2-3,7-14,16,18H2,(H,36,40);1H,(H,2,3)/t23?,25-;/m0./s1. The van der Waals surface area contributed by atoms with Crippen molar-refractivity contribution in [3.8, 4) is 6.07 Å². The van der Waals surface area contributed by atoms with Gasteiger partial charge >= 0.3 is 0 Å². The predicted octanol–water partition coefficient (Wildman–Crippen LogP) is 4.34. The number of nitriles is 1. The molecular formula is C32H36Cl2N6O4S. The topological polar surface area (TPSA) is 130 Å². The predicted molar refractivity (Wildman–Crippen MR) is 173 cm³/mol. The fourth-order valence-corrected chi connectivity index (χ4v) is 8.11. The Labute approximate surface area is 277 Å². The fourth-order valence-electron chi connectivity index (χ4n) is 6.50. The van der Waals surface area contributed by atoms with Crippen molar-refractivity contribution in [2.45, 2.75) is 78.1 Å². The number of carbonyl (C=O) groups is 3. The normalized spacial score (nSPS) is 24.6. The first-order valence-corrected chi connectivity index (χ1v) is 17.0. The van der Waals surface area contributed by atoms with Gasteiger partial charge in [-0.15, -0.1) is 11.8 Å². The van der Waals surface area contributed by atoms with Crippen LogP contribution in [0, 0.1) is 11.3 Å². The largest absolute Gasteiger partial charge is 0.483 e. The van der Waals surface area contributed by atoms with Crippen LogP contribution < -0.4 is 10.2 Å². The molecule has 1 aromatic carbocycles. The summed E-state index contributed by atoms with van der Waals surface area (Å²) in [7, 11) is 0. The summed E-state index contributed by atoms with van der Waals surface area (Å²) in [6.07, 6.45) is 7.56. The van der Waals surface area contributed by atoms with E-state index < -0.39 is 17.0 Å². The van der Waals surface area contributed by atoms with Crippen LogP contribution in [0.15, 0.2) is 41.4 Å². The van der Waals surface area contributed by atoms with Gasteiger partial charge in [-0.2, -0.15) is 5.26 Å². The highest BCUT2D eigenvalue weighted by Gasteiger charge is 2.57. The van der Waals surface area contributed by atoms with E-state index in [1.807, 2.05) is 6.07 Å². The first-order chi connectivity index (χ1) is 21.7. The molecule has 0 radical (unpaired) electrons. The zero-order valence-electron chi connectivity index (χ0n) is 24.8. The number of piperazine rings is 1. The number of benzene rings is 1. The Bertz CT molecular complexity index is 1480. The second-order valence-electron chi connectivity index (χ2n) is 12.6. The number of carboxylic acid groups (broad SMARTS) is 1. The van der Waals surface area contributed by atoms with Crippen LogP contribution in [-0.4, -0.2) is 93.8 Å². The summed E-state index contributed by atoms with van der Waals surface area (Å²) in [4.78, 5) is 47.9. The molecule has 238 valence electrons. The highest BCUT2D eigenvalue weighted by Crippen LogP contribution is 2.51. The number of amides is 2. The van der Waals surface area contributed by atoms with Gasteiger partial charge in [-0.25, -0.2) is 4.98 Å². The molecule has 5 aliphatic rings. The number of thioether (sulfide) groups is 1. The SMILES string of the molecule is N#CC1(NC(=O)[C@@H]2CC(Sc3ccc(N4CCN(C5CC5)CC4)cc3Cl)CN2C(=O)C2(c3ccc(Cl)nc3)CC2)CC1.O=CO. The van der Waals surface area contributed by atoms with Gasteiger partial charge in [0.1, 0.15) is 16.7 Å². The number of hydrogen-bond donors (Lipinski definition) is 2. The molecule has 5 fully saturated rings. The number of aromatic nitrogens is 1. The summed E-state index contributed by atoms with van der Waals surface area (Å²) < 4.78 is 0. The maximum absolute atomic E-state index is 14.1. The van der Waals surface area contributed by atoms with E-state index in [1.165, 1.54) is 12.8 Å². The second kappa shape index (κ2) is 13.0. The Morgan fingerprint density at radius 1 is 1.09 bits per heavy atom. The van der Waals surface area contributed by atoms with Crippen molar-refractivity contribution < 1.29 is 19.5 Å². The molecule has 3 heterocycles. The number of pyridine rings is 1. The Morgan fingerprint density at radius 2 is 1.80 bits per heavy atom. The Morgan fingerprint density at radius 3 is 2.36 bits per heavy atom. The number of anilines is 1. The third-order valence-corrected chi connectivity index (χ3v) is 11.5. The summed E-state index contributed by atoms with van der Waals surface area (Å²) in [5.74, 6) is -0.300. The van der Waals surface area contributed by atoms with Crippen LogP contribution in [0.2, 0.25) is 10.2 Å². The summed E-state index contributed by atoms with van der Waals surface area (Å²) in [5.41, 5.74) is 0.501. The lowest BCUT2D eigenvalue weighted by molar-refractivity contribution is -0.140. The molecular weight excluding hydrogens is 635 g/mol. The molecule has 1 aromatic heterocycles. The van der Waals surface area contributed by atoms with Crippen LogP contribution in [0.3, 0.4) is 0 Å². The molecule has 0 spiro atoms. The number of halogens is 2. The molecule has 0 bridgehead atoms. The maximum atomic E-state index is 14.1. The van der Waals surface area contributed by atoms with E-state index in [4.69, 9.17) is 33.1 Å². The van der Waals surface area contributed by atoms with Crippen LogP contribution >= 0.6 is 35.0 Å². The number of nitrogens with zero attached hydrogens (tertiary/aromatic N) is 5. The van der Waals surface area contributed by atoms with E-state index in [2.05, 4.69) is 44.4 Å². The van der Waals surface area contributed by atoms with Crippen molar-refractivity contribution >= 4 is 58.9 Å². The zero-order chi connectivity index (χ0) is 31.8. The minimum absolute atomic E-state index is 0.00785. The van der Waals surface area contributed by atoms with Crippen LogP contribution in [0.4, 0.5) is 5.69 Å². The Hall–Kier alpha value is -3.04. The summed E-state index contributed by atoms with van der Waals surface area (Å²) in [6, 6.07) is 12.2. The average molecular weight is 672 g/mol. The van der Waals surface area contributed by atoms with Gasteiger partial charge in [0.2, 0.25) is 11.8 Å².